The van der Waals surface area contributed by atoms with Crippen LogP contribution < -0.4 is 4.90 Å². The first-order valence-electron chi connectivity index (χ1n) is 10.3. The molecule has 7 heteroatoms. The van der Waals surface area contributed by atoms with Gasteiger partial charge in [-0.1, -0.05) is 48.5 Å². The summed E-state index contributed by atoms with van der Waals surface area (Å²) >= 11 is 0. The zero-order valence-electron chi connectivity index (χ0n) is 17.6. The Balaban J connectivity index is 1.69. The molecule has 3 aromatic carbocycles. The van der Waals surface area contributed by atoms with Crippen LogP contribution in [0.4, 0.5) is 10.1 Å². The minimum atomic E-state index is -3.76. The number of hydrogen-bond donors (Lipinski definition) is 0. The Morgan fingerprint density at radius 1 is 0.969 bits per heavy atom. The fourth-order valence-electron chi connectivity index (χ4n) is 3.86. The number of amides is 1. The van der Waals surface area contributed by atoms with Crippen LogP contribution in [0, 0.1) is 5.82 Å². The van der Waals surface area contributed by atoms with E-state index in [1.807, 2.05) is 37.3 Å². The van der Waals surface area contributed by atoms with Crippen molar-refractivity contribution in [1.29, 1.82) is 0 Å². The molecule has 0 N–H and O–H groups in total. The average molecular weight is 451 g/mol. The van der Waals surface area contributed by atoms with E-state index in [1.165, 1.54) is 24.4 Å². The van der Waals surface area contributed by atoms with E-state index in [0.717, 1.165) is 5.69 Å². The van der Waals surface area contributed by atoms with Gasteiger partial charge in [-0.25, -0.2) is 12.8 Å². The Morgan fingerprint density at radius 2 is 1.69 bits per heavy atom. The van der Waals surface area contributed by atoms with E-state index in [1.54, 1.807) is 39.8 Å². The number of fused-ring (bicyclic) bond motifs is 1. The number of halogens is 1. The average Bonchev–Trinajstić information content (AvgIpc) is 3.14. The van der Waals surface area contributed by atoms with Crippen molar-refractivity contribution in [2.45, 2.75) is 24.1 Å². The highest BCUT2D eigenvalue weighted by Crippen LogP contribution is 2.28. The highest BCUT2D eigenvalue weighted by atomic mass is 32.2. The van der Waals surface area contributed by atoms with E-state index in [0.29, 0.717) is 23.0 Å². The lowest BCUT2D eigenvalue weighted by Gasteiger charge is -2.21. The maximum Gasteiger partial charge on any atom is 0.246 e. The molecule has 0 saturated heterocycles. The molecule has 0 radical (unpaired) electrons. The molecule has 164 valence electrons. The maximum absolute atomic E-state index is 13.6. The van der Waals surface area contributed by atoms with Crippen LogP contribution >= 0.6 is 0 Å². The van der Waals surface area contributed by atoms with Gasteiger partial charge in [0, 0.05) is 29.3 Å². The minimum Gasteiger partial charge on any atom is -0.337 e. The molecule has 0 unspecified atom stereocenters. The number of nitrogens with zero attached hydrogens (tertiary/aromatic N) is 2. The molecule has 1 heterocycles. The normalized spacial score (nSPS) is 11.6. The molecule has 0 aliphatic heterocycles. The molecule has 1 aromatic heterocycles. The summed E-state index contributed by atoms with van der Waals surface area (Å²) in [5.74, 6) is -0.947. The molecule has 0 saturated carbocycles. The third-order valence-corrected chi connectivity index (χ3v) is 7.03. The lowest BCUT2D eigenvalue weighted by molar-refractivity contribution is -0.119. The number of rotatable bonds is 7. The van der Waals surface area contributed by atoms with E-state index in [2.05, 4.69) is 0 Å². The van der Waals surface area contributed by atoms with Crippen LogP contribution in [0.2, 0.25) is 0 Å². The molecule has 0 aliphatic rings. The van der Waals surface area contributed by atoms with Crippen molar-refractivity contribution in [3.05, 3.63) is 96.4 Å². The van der Waals surface area contributed by atoms with Crippen LogP contribution in [0.3, 0.4) is 0 Å². The number of carbonyl (C=O) groups is 1. The fourth-order valence-corrected chi connectivity index (χ4v) is 5.43. The molecule has 0 aliphatic carbocycles. The van der Waals surface area contributed by atoms with E-state index in [-0.39, 0.29) is 23.1 Å². The molecule has 4 rings (SSSR count). The molecule has 0 spiro atoms. The standard InChI is InChI=1S/C25H23FN2O3S/c1-2-28(21-11-4-3-5-12-21)25(29)17-27-16-24(22-13-6-7-14-23(22)27)32(30,31)18-19-9-8-10-20(26)15-19/h3-16H,2,17-18H2,1H3. The van der Waals surface area contributed by atoms with Gasteiger partial charge in [-0.15, -0.1) is 0 Å². The third kappa shape index (κ3) is 4.43. The number of benzene rings is 3. The van der Waals surface area contributed by atoms with Gasteiger partial charge in [-0.05, 0) is 42.8 Å². The summed E-state index contributed by atoms with van der Waals surface area (Å²) < 4.78 is 41.6. The zero-order chi connectivity index (χ0) is 22.7. The van der Waals surface area contributed by atoms with Gasteiger partial charge in [-0.2, -0.15) is 0 Å². The minimum absolute atomic E-state index is 0.00126. The zero-order valence-corrected chi connectivity index (χ0v) is 18.4. The lowest BCUT2D eigenvalue weighted by atomic mass is 10.2. The predicted molar refractivity (Wildman–Crippen MR) is 124 cm³/mol. The second kappa shape index (κ2) is 8.96. The van der Waals surface area contributed by atoms with Crippen LogP contribution in [0.25, 0.3) is 10.9 Å². The van der Waals surface area contributed by atoms with Gasteiger partial charge in [0.05, 0.1) is 10.6 Å². The topological polar surface area (TPSA) is 59.4 Å². The van der Waals surface area contributed by atoms with Gasteiger partial charge >= 0.3 is 0 Å². The maximum atomic E-state index is 13.6. The van der Waals surface area contributed by atoms with E-state index in [9.17, 15) is 17.6 Å². The van der Waals surface area contributed by atoms with Crippen molar-refractivity contribution in [2.24, 2.45) is 0 Å². The number of carbonyl (C=O) groups excluding carboxylic acids is 1. The first-order chi connectivity index (χ1) is 15.4. The van der Waals surface area contributed by atoms with E-state index < -0.39 is 15.7 Å². The Morgan fingerprint density at radius 3 is 2.41 bits per heavy atom. The SMILES string of the molecule is CCN(C(=O)Cn1cc(S(=O)(=O)Cc2cccc(F)c2)c2ccccc21)c1ccccc1. The molecule has 0 bridgehead atoms. The van der Waals surface area contributed by atoms with Gasteiger partial charge < -0.3 is 9.47 Å². The summed E-state index contributed by atoms with van der Waals surface area (Å²) in [5.41, 5.74) is 1.82. The third-order valence-electron chi connectivity index (χ3n) is 5.32. The molecule has 0 atom stereocenters. The smallest absolute Gasteiger partial charge is 0.246 e. The Hall–Kier alpha value is -3.45. The number of sulfone groups is 1. The fraction of sp³-hybridized carbons (Fsp3) is 0.160. The van der Waals surface area contributed by atoms with Gasteiger partial charge in [0.1, 0.15) is 12.4 Å². The molecule has 4 aromatic rings. The van der Waals surface area contributed by atoms with Crippen molar-refractivity contribution in [1.82, 2.24) is 4.57 Å². The summed E-state index contributed by atoms with van der Waals surface area (Å²) in [4.78, 5) is 14.9. The summed E-state index contributed by atoms with van der Waals surface area (Å²) in [6, 6.07) is 22.0. The monoisotopic (exact) mass is 450 g/mol. The van der Waals surface area contributed by atoms with Gasteiger partial charge in [-0.3, -0.25) is 4.79 Å². The van der Waals surface area contributed by atoms with Crippen LogP contribution in [0.15, 0.2) is 90.0 Å². The van der Waals surface area contributed by atoms with Crippen LogP contribution in [-0.4, -0.2) is 25.4 Å². The molecule has 1 amide bonds. The molecule has 5 nitrogen and oxygen atoms in total. The first kappa shape index (κ1) is 21.8. The van der Waals surface area contributed by atoms with Crippen LogP contribution in [0.5, 0.6) is 0 Å². The predicted octanol–water partition coefficient (Wildman–Crippen LogP) is 4.81. The van der Waals surface area contributed by atoms with Crippen LogP contribution in [0.1, 0.15) is 12.5 Å². The number of aromatic nitrogens is 1. The number of hydrogen-bond acceptors (Lipinski definition) is 3. The Labute approximate surface area is 186 Å². The number of likely N-dealkylation sites (N-methyl/N-ethyl adjacent to an activating group) is 1. The van der Waals surface area contributed by atoms with E-state index >= 15 is 0 Å². The summed E-state index contributed by atoms with van der Waals surface area (Å²) in [7, 11) is -3.76. The van der Waals surface area contributed by atoms with Gasteiger partial charge in [0.15, 0.2) is 9.84 Å². The molecular weight excluding hydrogens is 427 g/mol. The Bertz CT molecular complexity index is 1360. The van der Waals surface area contributed by atoms with Crippen molar-refractivity contribution in [3.63, 3.8) is 0 Å². The van der Waals surface area contributed by atoms with Crippen molar-refractivity contribution >= 4 is 32.3 Å². The largest absolute Gasteiger partial charge is 0.337 e. The number of para-hydroxylation sites is 2. The quantitative estimate of drug-likeness (QED) is 0.406. The second-order valence-corrected chi connectivity index (χ2v) is 9.46. The highest BCUT2D eigenvalue weighted by Gasteiger charge is 2.23. The summed E-state index contributed by atoms with van der Waals surface area (Å²) in [6.45, 7) is 2.39. The summed E-state index contributed by atoms with van der Waals surface area (Å²) in [5, 5.41) is 0.541. The van der Waals surface area contributed by atoms with Crippen molar-refractivity contribution in [2.75, 3.05) is 11.4 Å². The highest BCUT2D eigenvalue weighted by molar-refractivity contribution is 7.90. The number of anilines is 1. The Kier molecular flexibility index (Phi) is 6.10. The molecule has 32 heavy (non-hydrogen) atoms. The van der Waals surface area contributed by atoms with Crippen molar-refractivity contribution in [3.8, 4) is 0 Å². The van der Waals surface area contributed by atoms with Gasteiger partial charge in [0.25, 0.3) is 0 Å². The van der Waals surface area contributed by atoms with Crippen LogP contribution in [-0.2, 0) is 26.9 Å². The summed E-state index contributed by atoms with van der Waals surface area (Å²) in [6.07, 6.45) is 1.51. The van der Waals surface area contributed by atoms with Crippen molar-refractivity contribution < 1.29 is 17.6 Å². The first-order valence-corrected chi connectivity index (χ1v) is 11.9. The van der Waals surface area contributed by atoms with E-state index in [4.69, 9.17) is 0 Å². The second-order valence-electron chi connectivity index (χ2n) is 7.50. The van der Waals surface area contributed by atoms with Gasteiger partial charge in [0.2, 0.25) is 5.91 Å². The lowest BCUT2D eigenvalue weighted by Crippen LogP contribution is -2.33. The molecule has 0 fully saturated rings. The molecular formula is C25H23FN2O3S.